The largest absolute Gasteiger partial charge is 0.147 e. The van der Waals surface area contributed by atoms with Gasteiger partial charge in [-0.15, -0.1) is 12.4 Å². The Hall–Kier alpha value is -0.0805. The summed E-state index contributed by atoms with van der Waals surface area (Å²) in [5.41, 5.74) is 0. The van der Waals surface area contributed by atoms with E-state index >= 15 is 0 Å². The molecular weight excluding hydrogens is 257 g/mol. The van der Waals surface area contributed by atoms with Crippen molar-refractivity contribution in [3.63, 3.8) is 0 Å². The van der Waals surface area contributed by atoms with Gasteiger partial charge in [0.25, 0.3) is 0 Å². The maximum absolute atomic E-state index is 4.22. The Labute approximate surface area is 86.0 Å². The molecule has 0 saturated carbocycles. The number of halogens is 1. The Morgan fingerprint density at radius 3 is 2.83 bits per heavy atom. The molecule has 2 aromatic rings. The van der Waals surface area contributed by atoms with E-state index in [1.807, 2.05) is 16.8 Å². The van der Waals surface area contributed by atoms with E-state index in [1.165, 1.54) is 14.3 Å². The molecule has 0 saturated heterocycles. The molecule has 1 aromatic carbocycles. The van der Waals surface area contributed by atoms with Gasteiger partial charge < -0.3 is 0 Å². The smallest absolute Gasteiger partial charge is 0.147 e. The molecule has 0 aliphatic heterocycles. The minimum Gasteiger partial charge on any atom is -0.147 e. The van der Waals surface area contributed by atoms with Crippen LogP contribution in [0.2, 0.25) is 0 Å². The standard InChI is InChI=1S/C8H7NSSe.ClH/c1-9-8-6-4-2-3-5-7(6)11-10-8;/h2-5H,1H3;1H. The van der Waals surface area contributed by atoms with Crippen molar-refractivity contribution in [2.45, 2.75) is 0 Å². The molecule has 0 aliphatic carbocycles. The van der Waals surface area contributed by atoms with E-state index in [2.05, 4.69) is 29.3 Å². The van der Waals surface area contributed by atoms with E-state index < -0.39 is 0 Å². The summed E-state index contributed by atoms with van der Waals surface area (Å²) in [6, 6.07) is 8.52. The van der Waals surface area contributed by atoms with Crippen LogP contribution in [0.4, 0.5) is 0 Å². The first-order valence-electron chi connectivity index (χ1n) is 3.32. The van der Waals surface area contributed by atoms with Gasteiger partial charge in [0, 0.05) is 0 Å². The third kappa shape index (κ3) is 1.64. The van der Waals surface area contributed by atoms with Crippen LogP contribution in [0.5, 0.6) is 0 Å². The van der Waals surface area contributed by atoms with Crippen LogP contribution in [0.15, 0.2) is 29.3 Å². The van der Waals surface area contributed by atoms with Crippen LogP contribution in [0.3, 0.4) is 0 Å². The monoisotopic (exact) mass is 265 g/mol. The van der Waals surface area contributed by atoms with Gasteiger partial charge >= 0.3 is 73.7 Å². The van der Waals surface area contributed by atoms with Crippen molar-refractivity contribution < 1.29 is 0 Å². The van der Waals surface area contributed by atoms with Gasteiger partial charge in [-0.1, -0.05) is 0 Å². The Balaban J connectivity index is 0.000000720. The van der Waals surface area contributed by atoms with E-state index in [1.54, 1.807) is 0 Å². The number of benzene rings is 1. The molecule has 0 aliphatic rings. The first-order chi connectivity index (χ1) is 5.42. The van der Waals surface area contributed by atoms with Crippen LogP contribution < -0.4 is 4.67 Å². The zero-order valence-electron chi connectivity index (χ0n) is 6.48. The zero-order chi connectivity index (χ0) is 7.68. The number of rotatable bonds is 0. The van der Waals surface area contributed by atoms with E-state index in [4.69, 9.17) is 0 Å². The minimum absolute atomic E-state index is 0. The number of nitrogens with zero attached hydrogens (tertiary/aromatic N) is 1. The second kappa shape index (κ2) is 4.24. The van der Waals surface area contributed by atoms with Gasteiger partial charge in [0.15, 0.2) is 0 Å². The van der Waals surface area contributed by atoms with Crippen LogP contribution in [0, 0.1) is 0 Å². The van der Waals surface area contributed by atoms with Crippen LogP contribution in [-0.4, -0.2) is 20.4 Å². The average Bonchev–Trinajstić information content (AvgIpc) is 2.47. The molecule has 0 unspecified atom stereocenters. The number of hydrogen-bond acceptors (Lipinski definition) is 2. The van der Waals surface area contributed by atoms with E-state index in [0.717, 1.165) is 0 Å². The maximum Gasteiger partial charge on any atom is -0.147 e. The van der Waals surface area contributed by atoms with E-state index in [-0.39, 0.29) is 12.4 Å². The van der Waals surface area contributed by atoms with Crippen molar-refractivity contribution in [1.82, 2.24) is 0 Å². The van der Waals surface area contributed by atoms with Gasteiger partial charge in [0.1, 0.15) is 0 Å². The minimum atomic E-state index is 0. The molecule has 2 rings (SSSR count). The van der Waals surface area contributed by atoms with Gasteiger partial charge in [0.2, 0.25) is 0 Å². The molecule has 0 atom stereocenters. The summed E-state index contributed by atoms with van der Waals surface area (Å²) in [5.74, 6) is 0. The summed E-state index contributed by atoms with van der Waals surface area (Å²) in [6.45, 7) is 0. The van der Waals surface area contributed by atoms with Gasteiger partial charge in [-0.2, -0.15) is 0 Å². The summed E-state index contributed by atoms with van der Waals surface area (Å²) in [4.78, 5) is 4.22. The molecular formula is C8H8ClNSSe. The molecule has 64 valence electrons. The Kier molecular flexibility index (Phi) is 3.53. The van der Waals surface area contributed by atoms with Gasteiger partial charge in [-0.05, 0) is 0 Å². The van der Waals surface area contributed by atoms with Crippen LogP contribution >= 0.6 is 22.1 Å². The van der Waals surface area contributed by atoms with Gasteiger partial charge in [-0.25, -0.2) is 0 Å². The molecule has 1 nitrogen and oxygen atoms in total. The fourth-order valence-electron chi connectivity index (χ4n) is 1.00. The first kappa shape index (κ1) is 10.0. The van der Waals surface area contributed by atoms with Gasteiger partial charge in [-0.3, -0.25) is 0 Å². The summed E-state index contributed by atoms with van der Waals surface area (Å²) >= 11 is 0.561. The maximum atomic E-state index is 4.22. The third-order valence-electron chi connectivity index (χ3n) is 1.53. The second-order valence-corrected chi connectivity index (χ2v) is 5.93. The summed E-state index contributed by atoms with van der Waals surface area (Å²) < 4.78 is 2.69. The molecule has 0 amide bonds. The van der Waals surface area contributed by atoms with Crippen molar-refractivity contribution in [1.29, 1.82) is 0 Å². The summed E-state index contributed by atoms with van der Waals surface area (Å²) in [7, 11) is 3.75. The molecule has 4 heteroatoms. The summed E-state index contributed by atoms with van der Waals surface area (Å²) in [6.07, 6.45) is 0. The van der Waals surface area contributed by atoms with E-state index in [9.17, 15) is 0 Å². The van der Waals surface area contributed by atoms with Crippen LogP contribution in [0.1, 0.15) is 0 Å². The van der Waals surface area contributed by atoms with E-state index in [0.29, 0.717) is 13.3 Å². The molecule has 1 aromatic heterocycles. The second-order valence-electron chi connectivity index (χ2n) is 2.19. The SMILES string of the molecule is CN=c1s[se]c2ccccc12.Cl. The fourth-order valence-corrected chi connectivity index (χ4v) is 5.33. The Morgan fingerprint density at radius 1 is 1.33 bits per heavy atom. The number of hydrogen-bond donors (Lipinski definition) is 0. The predicted molar refractivity (Wildman–Crippen MR) is 57.5 cm³/mol. The topological polar surface area (TPSA) is 12.4 Å². The first-order valence-corrected chi connectivity index (χ1v) is 7.02. The van der Waals surface area contributed by atoms with Crippen molar-refractivity contribution in [3.05, 3.63) is 28.9 Å². The predicted octanol–water partition coefficient (Wildman–Crippen LogP) is 1.91. The third-order valence-corrected chi connectivity index (χ3v) is 5.75. The van der Waals surface area contributed by atoms with Crippen LogP contribution in [-0.2, 0) is 0 Å². The molecule has 1 heterocycles. The fraction of sp³-hybridized carbons (Fsp3) is 0.125. The van der Waals surface area contributed by atoms with Crippen molar-refractivity contribution in [2.24, 2.45) is 4.99 Å². The number of fused-ring (bicyclic) bond motifs is 1. The Bertz CT molecular complexity index is 432. The van der Waals surface area contributed by atoms with Crippen molar-refractivity contribution in [3.8, 4) is 0 Å². The summed E-state index contributed by atoms with van der Waals surface area (Å²) in [5, 5.41) is 1.35. The Morgan fingerprint density at radius 2 is 2.08 bits per heavy atom. The molecule has 0 bridgehead atoms. The molecule has 0 spiro atoms. The molecule has 12 heavy (non-hydrogen) atoms. The zero-order valence-corrected chi connectivity index (χ0v) is 9.83. The average molecular weight is 265 g/mol. The van der Waals surface area contributed by atoms with Crippen molar-refractivity contribution >= 4 is 45.1 Å². The van der Waals surface area contributed by atoms with Crippen LogP contribution in [0.25, 0.3) is 9.65 Å². The van der Waals surface area contributed by atoms with Gasteiger partial charge in [0.05, 0.1) is 0 Å². The molecule has 0 N–H and O–H groups in total. The van der Waals surface area contributed by atoms with Crippen molar-refractivity contribution in [2.75, 3.05) is 7.05 Å². The molecule has 0 fully saturated rings. The quantitative estimate of drug-likeness (QED) is 0.645. The molecule has 0 radical (unpaired) electrons. The normalized spacial score (nSPS) is 11.6.